The molecule has 0 bridgehead atoms. The molecule has 4 nitrogen and oxygen atoms in total. The average molecular weight is 261 g/mol. The fraction of sp³-hybridized carbons (Fsp3) is 0.0714. The first-order valence-electron chi connectivity index (χ1n) is 5.49. The maximum Gasteiger partial charge on any atom is 0.337 e. The van der Waals surface area contributed by atoms with Crippen LogP contribution in [0.1, 0.15) is 10.4 Å². The van der Waals surface area contributed by atoms with Crippen LogP contribution in [0, 0.1) is 5.82 Å². The van der Waals surface area contributed by atoms with Gasteiger partial charge >= 0.3 is 5.97 Å². The van der Waals surface area contributed by atoms with Gasteiger partial charge in [-0.2, -0.15) is 0 Å². The summed E-state index contributed by atoms with van der Waals surface area (Å²) >= 11 is 0. The van der Waals surface area contributed by atoms with E-state index in [1.165, 1.54) is 31.4 Å². The molecule has 2 aromatic carbocycles. The molecule has 98 valence electrons. The Morgan fingerprint density at radius 3 is 2.42 bits per heavy atom. The lowest BCUT2D eigenvalue weighted by Gasteiger charge is -2.07. The van der Waals surface area contributed by atoms with Crippen LogP contribution in [-0.2, 0) is 0 Å². The maximum atomic E-state index is 13.6. The third-order valence-corrected chi connectivity index (χ3v) is 2.77. The van der Waals surface area contributed by atoms with Crippen LogP contribution in [0.3, 0.4) is 0 Å². The van der Waals surface area contributed by atoms with Gasteiger partial charge in [0, 0.05) is 5.69 Å². The Bertz CT molecular complexity index is 641. The highest BCUT2D eigenvalue weighted by Gasteiger charge is 2.11. The van der Waals surface area contributed by atoms with Gasteiger partial charge in [0.25, 0.3) is 0 Å². The molecule has 3 N–H and O–H groups in total. The van der Waals surface area contributed by atoms with Gasteiger partial charge in [-0.3, -0.25) is 0 Å². The highest BCUT2D eigenvalue weighted by molar-refractivity contribution is 5.95. The number of carboxylic acids is 1. The Balaban J connectivity index is 2.50. The van der Waals surface area contributed by atoms with Gasteiger partial charge in [0.15, 0.2) is 11.6 Å². The van der Waals surface area contributed by atoms with E-state index in [1.807, 2.05) is 0 Å². The van der Waals surface area contributed by atoms with Crippen LogP contribution in [0.15, 0.2) is 36.4 Å². The molecular weight excluding hydrogens is 249 g/mol. The number of nitrogen functional groups attached to an aromatic ring is 1. The fourth-order valence-electron chi connectivity index (χ4n) is 1.77. The van der Waals surface area contributed by atoms with E-state index >= 15 is 0 Å². The quantitative estimate of drug-likeness (QED) is 0.833. The van der Waals surface area contributed by atoms with Crippen LogP contribution in [-0.4, -0.2) is 18.2 Å². The van der Waals surface area contributed by atoms with E-state index in [0.29, 0.717) is 11.1 Å². The third kappa shape index (κ3) is 2.49. The van der Waals surface area contributed by atoms with Crippen LogP contribution >= 0.6 is 0 Å². The summed E-state index contributed by atoms with van der Waals surface area (Å²) in [6.07, 6.45) is 0. The summed E-state index contributed by atoms with van der Waals surface area (Å²) < 4.78 is 18.4. The monoisotopic (exact) mass is 261 g/mol. The van der Waals surface area contributed by atoms with Crippen molar-refractivity contribution < 1.29 is 19.0 Å². The minimum absolute atomic E-state index is 0.00581. The average Bonchev–Trinajstić information content (AvgIpc) is 2.38. The van der Waals surface area contributed by atoms with Crippen molar-refractivity contribution >= 4 is 11.7 Å². The predicted octanol–water partition coefficient (Wildman–Crippen LogP) is 2.78. The van der Waals surface area contributed by atoms with Crippen LogP contribution < -0.4 is 10.5 Å². The van der Waals surface area contributed by atoms with Gasteiger partial charge in [0.05, 0.1) is 12.7 Å². The van der Waals surface area contributed by atoms with Crippen molar-refractivity contribution in [3.05, 3.63) is 47.8 Å². The molecule has 0 amide bonds. The van der Waals surface area contributed by atoms with E-state index in [2.05, 4.69) is 0 Å². The molecule has 0 aliphatic carbocycles. The van der Waals surface area contributed by atoms with Crippen molar-refractivity contribution in [2.24, 2.45) is 0 Å². The van der Waals surface area contributed by atoms with Crippen LogP contribution in [0.25, 0.3) is 11.1 Å². The fourth-order valence-corrected chi connectivity index (χ4v) is 1.77. The molecule has 0 saturated heterocycles. The Morgan fingerprint density at radius 2 is 1.84 bits per heavy atom. The molecule has 0 atom stereocenters. The molecule has 19 heavy (non-hydrogen) atoms. The first-order chi connectivity index (χ1) is 9.02. The van der Waals surface area contributed by atoms with Crippen molar-refractivity contribution in [3.8, 4) is 16.9 Å². The van der Waals surface area contributed by atoms with Crippen LogP contribution in [0.4, 0.5) is 10.1 Å². The number of ether oxygens (including phenoxy) is 1. The summed E-state index contributed by atoms with van der Waals surface area (Å²) in [5.74, 6) is -1.49. The lowest BCUT2D eigenvalue weighted by Crippen LogP contribution is -2.02. The number of halogens is 1. The first kappa shape index (κ1) is 12.9. The molecule has 0 aromatic heterocycles. The van der Waals surface area contributed by atoms with Gasteiger partial charge in [-0.25, -0.2) is 9.18 Å². The van der Waals surface area contributed by atoms with Crippen LogP contribution in [0.2, 0.25) is 0 Å². The molecule has 5 heteroatoms. The largest absolute Gasteiger partial charge is 0.494 e. The number of carbonyl (C=O) groups is 1. The van der Waals surface area contributed by atoms with Crippen molar-refractivity contribution in [2.45, 2.75) is 0 Å². The Labute approximate surface area is 109 Å². The first-order valence-corrected chi connectivity index (χ1v) is 5.49. The number of rotatable bonds is 3. The number of benzene rings is 2. The Morgan fingerprint density at radius 1 is 1.21 bits per heavy atom. The zero-order valence-corrected chi connectivity index (χ0v) is 10.2. The van der Waals surface area contributed by atoms with E-state index in [0.717, 1.165) is 0 Å². The van der Waals surface area contributed by atoms with Crippen molar-refractivity contribution in [2.75, 3.05) is 12.8 Å². The van der Waals surface area contributed by atoms with E-state index in [-0.39, 0.29) is 17.0 Å². The molecule has 2 rings (SSSR count). The molecule has 0 fully saturated rings. The number of hydrogen-bond acceptors (Lipinski definition) is 3. The zero-order valence-electron chi connectivity index (χ0n) is 10.2. The van der Waals surface area contributed by atoms with E-state index in [9.17, 15) is 9.18 Å². The van der Waals surface area contributed by atoms with E-state index in [1.54, 1.807) is 12.1 Å². The molecular formula is C14H12FNO3. The van der Waals surface area contributed by atoms with Gasteiger partial charge in [0.1, 0.15) is 0 Å². The molecule has 0 radical (unpaired) electrons. The highest BCUT2D eigenvalue weighted by atomic mass is 19.1. The molecule has 0 unspecified atom stereocenters. The van der Waals surface area contributed by atoms with Crippen molar-refractivity contribution in [1.29, 1.82) is 0 Å². The zero-order chi connectivity index (χ0) is 14.0. The Kier molecular flexibility index (Phi) is 3.37. The molecule has 0 heterocycles. The predicted molar refractivity (Wildman–Crippen MR) is 69.8 cm³/mol. The van der Waals surface area contributed by atoms with Gasteiger partial charge < -0.3 is 15.6 Å². The summed E-state index contributed by atoms with van der Waals surface area (Å²) in [5.41, 5.74) is 6.87. The molecule has 0 aliphatic heterocycles. The van der Waals surface area contributed by atoms with Gasteiger partial charge in [0.2, 0.25) is 0 Å². The highest BCUT2D eigenvalue weighted by Crippen LogP contribution is 2.27. The lowest BCUT2D eigenvalue weighted by molar-refractivity contribution is 0.0698. The van der Waals surface area contributed by atoms with Gasteiger partial charge in [-0.05, 0) is 35.4 Å². The molecule has 0 spiro atoms. The van der Waals surface area contributed by atoms with Crippen molar-refractivity contribution in [1.82, 2.24) is 0 Å². The summed E-state index contributed by atoms with van der Waals surface area (Å²) in [6.45, 7) is 0. The smallest absolute Gasteiger partial charge is 0.337 e. The second kappa shape index (κ2) is 4.97. The molecule has 2 aromatic rings. The molecule has 0 saturated carbocycles. The number of methoxy groups -OCH3 is 1. The summed E-state index contributed by atoms with van der Waals surface area (Å²) in [7, 11) is 1.38. The number of nitrogens with two attached hydrogens (primary N) is 1. The van der Waals surface area contributed by atoms with Crippen LogP contribution in [0.5, 0.6) is 5.75 Å². The van der Waals surface area contributed by atoms with Gasteiger partial charge in [-0.15, -0.1) is 0 Å². The minimum Gasteiger partial charge on any atom is -0.494 e. The van der Waals surface area contributed by atoms with Gasteiger partial charge in [-0.1, -0.05) is 12.1 Å². The summed E-state index contributed by atoms with van der Waals surface area (Å²) in [4.78, 5) is 11.0. The minimum atomic E-state index is -1.12. The SMILES string of the molecule is COc1ccc(-c2ccc(N)c(C(=O)O)c2)cc1F. The summed E-state index contributed by atoms with van der Waals surface area (Å²) in [6, 6.07) is 8.97. The third-order valence-electron chi connectivity index (χ3n) is 2.77. The number of anilines is 1. The van der Waals surface area contributed by atoms with E-state index < -0.39 is 11.8 Å². The van der Waals surface area contributed by atoms with Crippen molar-refractivity contribution in [3.63, 3.8) is 0 Å². The lowest BCUT2D eigenvalue weighted by atomic mass is 10.0. The standard InChI is InChI=1S/C14H12FNO3/c1-19-13-5-3-9(7-11(13)15)8-2-4-12(16)10(6-8)14(17)18/h2-7H,16H2,1H3,(H,17,18). The molecule has 0 aliphatic rings. The number of carboxylic acid groups (broad SMARTS) is 1. The summed E-state index contributed by atoms with van der Waals surface area (Å²) in [5, 5.41) is 9.00. The second-order valence-corrected chi connectivity index (χ2v) is 3.96. The number of hydrogen-bond donors (Lipinski definition) is 2. The maximum absolute atomic E-state index is 13.6. The second-order valence-electron chi connectivity index (χ2n) is 3.96. The topological polar surface area (TPSA) is 72.5 Å². The number of aromatic carboxylic acids is 1. The van der Waals surface area contributed by atoms with E-state index in [4.69, 9.17) is 15.6 Å². The Hall–Kier alpha value is -2.56. The normalized spacial score (nSPS) is 10.2.